The van der Waals surface area contributed by atoms with Gasteiger partial charge in [0.05, 0.1) is 19.3 Å². The van der Waals surface area contributed by atoms with Crippen LogP contribution in [0, 0.1) is 0 Å². The first-order chi connectivity index (χ1) is 10.7. The molecule has 0 atom stereocenters. The van der Waals surface area contributed by atoms with E-state index in [4.69, 9.17) is 20.8 Å². The topological polar surface area (TPSA) is 77.2 Å². The highest BCUT2D eigenvalue weighted by molar-refractivity contribution is 6.30. The molecule has 3 rings (SSSR count). The average Bonchev–Trinajstić information content (AvgIpc) is 2.94. The Balaban J connectivity index is 1.87. The fraction of sp³-hybridized carbons (Fsp3) is 0.133. The average molecular weight is 318 g/mol. The fourth-order valence-electron chi connectivity index (χ4n) is 2.03. The summed E-state index contributed by atoms with van der Waals surface area (Å²) < 4.78 is 10.8. The maximum Gasteiger partial charge on any atom is 0.296 e. The Labute approximate surface area is 131 Å². The molecule has 6 nitrogen and oxygen atoms in total. The molecular weight excluding hydrogens is 306 g/mol. The third kappa shape index (κ3) is 2.87. The molecule has 1 N–H and O–H groups in total. The first-order valence-electron chi connectivity index (χ1n) is 6.47. The predicted molar refractivity (Wildman–Crippen MR) is 82.5 cm³/mol. The number of halogens is 1. The van der Waals surface area contributed by atoms with E-state index in [9.17, 15) is 4.79 Å². The zero-order valence-corrected chi connectivity index (χ0v) is 12.4. The van der Waals surface area contributed by atoms with Crippen LogP contribution in [0.1, 0.15) is 16.1 Å². The molecule has 2 aromatic heterocycles. The lowest BCUT2D eigenvalue weighted by Crippen LogP contribution is -2.01. The lowest BCUT2D eigenvalue weighted by Gasteiger charge is -2.01. The van der Waals surface area contributed by atoms with E-state index in [1.54, 1.807) is 30.5 Å². The molecule has 112 valence electrons. The maximum atomic E-state index is 10.9. The Bertz CT molecular complexity index is 832. The molecule has 0 bridgehead atoms. The van der Waals surface area contributed by atoms with E-state index in [1.807, 2.05) is 0 Å². The number of methoxy groups -OCH3 is 1. The van der Waals surface area contributed by atoms with Crippen molar-refractivity contribution in [2.75, 3.05) is 12.4 Å². The minimum atomic E-state index is 0.318. The molecule has 0 radical (unpaired) electrons. The number of ether oxygens (including phenoxy) is 1. The zero-order chi connectivity index (χ0) is 15.5. The number of nitrogens with one attached hydrogen (secondary N) is 1. The van der Waals surface area contributed by atoms with Crippen molar-refractivity contribution in [2.24, 2.45) is 0 Å². The van der Waals surface area contributed by atoms with Crippen molar-refractivity contribution >= 4 is 35.0 Å². The number of benzene rings is 1. The fourth-order valence-corrected chi connectivity index (χ4v) is 2.21. The third-order valence-corrected chi connectivity index (χ3v) is 3.27. The SMILES string of the molecule is COc1cc(C=O)cc2nc(NCc3cc(Cl)ccn3)oc12. The number of anilines is 1. The van der Waals surface area contributed by atoms with Crippen LogP contribution < -0.4 is 10.1 Å². The largest absolute Gasteiger partial charge is 0.493 e. The molecule has 0 aliphatic heterocycles. The third-order valence-electron chi connectivity index (χ3n) is 3.03. The van der Waals surface area contributed by atoms with Crippen molar-refractivity contribution in [1.82, 2.24) is 9.97 Å². The Morgan fingerprint density at radius 1 is 1.41 bits per heavy atom. The number of fused-ring (bicyclic) bond motifs is 1. The number of aromatic nitrogens is 2. The number of aldehydes is 1. The van der Waals surface area contributed by atoms with Gasteiger partial charge in [0.1, 0.15) is 11.8 Å². The highest BCUT2D eigenvalue weighted by Crippen LogP contribution is 2.29. The van der Waals surface area contributed by atoms with E-state index in [2.05, 4.69) is 15.3 Å². The highest BCUT2D eigenvalue weighted by atomic mass is 35.5. The van der Waals surface area contributed by atoms with Crippen molar-refractivity contribution in [1.29, 1.82) is 0 Å². The molecule has 0 aliphatic carbocycles. The normalized spacial score (nSPS) is 10.6. The molecule has 0 fully saturated rings. The van der Waals surface area contributed by atoms with Crippen molar-refractivity contribution in [3.8, 4) is 5.75 Å². The van der Waals surface area contributed by atoms with Crippen molar-refractivity contribution in [3.05, 3.63) is 46.7 Å². The van der Waals surface area contributed by atoms with E-state index in [-0.39, 0.29) is 0 Å². The first kappa shape index (κ1) is 14.3. The van der Waals surface area contributed by atoms with Gasteiger partial charge in [0, 0.05) is 16.8 Å². The first-order valence-corrected chi connectivity index (χ1v) is 6.85. The Morgan fingerprint density at radius 2 is 2.27 bits per heavy atom. The van der Waals surface area contributed by atoms with E-state index >= 15 is 0 Å². The van der Waals surface area contributed by atoms with Crippen LogP contribution in [0.15, 0.2) is 34.9 Å². The van der Waals surface area contributed by atoms with Crippen molar-refractivity contribution < 1.29 is 13.9 Å². The minimum absolute atomic E-state index is 0.318. The Kier molecular flexibility index (Phi) is 3.93. The van der Waals surface area contributed by atoms with Crippen molar-refractivity contribution in [2.45, 2.75) is 6.54 Å². The number of hydrogen-bond donors (Lipinski definition) is 1. The molecule has 2 heterocycles. The zero-order valence-electron chi connectivity index (χ0n) is 11.7. The predicted octanol–water partition coefficient (Wildman–Crippen LogP) is 3.31. The summed E-state index contributed by atoms with van der Waals surface area (Å²) in [5.74, 6) is 0.459. The van der Waals surface area contributed by atoms with Gasteiger partial charge < -0.3 is 14.5 Å². The van der Waals surface area contributed by atoms with Crippen LogP contribution >= 0.6 is 11.6 Å². The smallest absolute Gasteiger partial charge is 0.296 e. The number of nitrogens with zero attached hydrogens (tertiary/aromatic N) is 2. The summed E-state index contributed by atoms with van der Waals surface area (Å²) in [5.41, 5.74) is 2.26. The summed E-state index contributed by atoms with van der Waals surface area (Å²) in [7, 11) is 1.51. The second-order valence-electron chi connectivity index (χ2n) is 4.53. The second kappa shape index (κ2) is 6.03. The van der Waals surface area contributed by atoms with Crippen LogP contribution in [0.3, 0.4) is 0 Å². The Hall–Kier alpha value is -2.60. The van der Waals surface area contributed by atoms with Gasteiger partial charge >= 0.3 is 0 Å². The maximum absolute atomic E-state index is 10.9. The van der Waals surface area contributed by atoms with Gasteiger partial charge in [-0.2, -0.15) is 4.98 Å². The number of carbonyl (C=O) groups is 1. The second-order valence-corrected chi connectivity index (χ2v) is 4.96. The number of rotatable bonds is 5. The number of pyridine rings is 1. The summed E-state index contributed by atoms with van der Waals surface area (Å²) in [6.07, 6.45) is 2.37. The summed E-state index contributed by atoms with van der Waals surface area (Å²) in [5, 5.41) is 3.64. The minimum Gasteiger partial charge on any atom is -0.493 e. The number of carbonyl (C=O) groups excluding carboxylic acids is 1. The van der Waals surface area contributed by atoms with Crippen LogP contribution in [0.4, 0.5) is 6.01 Å². The van der Waals surface area contributed by atoms with E-state index in [1.165, 1.54) is 7.11 Å². The standard InChI is InChI=1S/C15H12ClN3O3/c1-21-13-5-9(8-20)4-12-14(13)22-15(19-12)18-7-11-6-10(16)2-3-17-11/h2-6,8H,7H2,1H3,(H,18,19). The number of hydrogen-bond acceptors (Lipinski definition) is 6. The molecular formula is C15H12ClN3O3. The highest BCUT2D eigenvalue weighted by Gasteiger charge is 2.12. The van der Waals surface area contributed by atoms with Crippen LogP contribution in [0.2, 0.25) is 5.02 Å². The van der Waals surface area contributed by atoms with Gasteiger partial charge in [0.2, 0.25) is 0 Å². The molecule has 0 amide bonds. The summed E-state index contributed by atoms with van der Waals surface area (Å²) in [4.78, 5) is 19.4. The van der Waals surface area contributed by atoms with E-state index in [0.29, 0.717) is 40.0 Å². The van der Waals surface area contributed by atoms with Crippen LogP contribution in [0.5, 0.6) is 5.75 Å². The molecule has 0 unspecified atom stereocenters. The molecule has 0 aliphatic rings. The van der Waals surface area contributed by atoms with Gasteiger partial charge in [-0.1, -0.05) is 11.6 Å². The van der Waals surface area contributed by atoms with Crippen LogP contribution in [-0.4, -0.2) is 23.4 Å². The monoisotopic (exact) mass is 317 g/mol. The summed E-state index contributed by atoms with van der Waals surface area (Å²) >= 11 is 5.91. The molecule has 7 heteroatoms. The summed E-state index contributed by atoms with van der Waals surface area (Å²) in [6, 6.07) is 7.01. The van der Waals surface area contributed by atoms with E-state index in [0.717, 1.165) is 12.0 Å². The molecule has 0 spiro atoms. The van der Waals surface area contributed by atoms with Gasteiger partial charge in [0.15, 0.2) is 11.3 Å². The quantitative estimate of drug-likeness (QED) is 0.727. The lowest BCUT2D eigenvalue weighted by molar-refractivity contribution is 0.112. The van der Waals surface area contributed by atoms with E-state index < -0.39 is 0 Å². The van der Waals surface area contributed by atoms with Gasteiger partial charge in [-0.25, -0.2) is 0 Å². The van der Waals surface area contributed by atoms with Crippen molar-refractivity contribution in [3.63, 3.8) is 0 Å². The van der Waals surface area contributed by atoms with Gasteiger partial charge in [-0.05, 0) is 24.3 Å². The Morgan fingerprint density at radius 3 is 3.00 bits per heavy atom. The van der Waals surface area contributed by atoms with Crippen LogP contribution in [-0.2, 0) is 6.54 Å². The van der Waals surface area contributed by atoms with Crippen LogP contribution in [0.25, 0.3) is 11.1 Å². The number of oxazole rings is 1. The summed E-state index contributed by atoms with van der Waals surface area (Å²) in [6.45, 7) is 0.413. The molecule has 3 aromatic rings. The van der Waals surface area contributed by atoms with Gasteiger partial charge in [-0.3, -0.25) is 9.78 Å². The molecule has 0 saturated carbocycles. The van der Waals surface area contributed by atoms with Gasteiger partial charge in [0.25, 0.3) is 6.01 Å². The van der Waals surface area contributed by atoms with Gasteiger partial charge in [-0.15, -0.1) is 0 Å². The lowest BCUT2D eigenvalue weighted by atomic mass is 10.2. The molecule has 1 aromatic carbocycles. The molecule has 22 heavy (non-hydrogen) atoms. The molecule has 0 saturated heterocycles.